The van der Waals surface area contributed by atoms with Gasteiger partial charge in [-0.05, 0) is 61.6 Å². The van der Waals surface area contributed by atoms with Gasteiger partial charge in [-0.3, -0.25) is 19.3 Å². The van der Waals surface area contributed by atoms with E-state index in [-0.39, 0.29) is 50.4 Å². The molecule has 0 bridgehead atoms. The molecule has 1 saturated carbocycles. The van der Waals surface area contributed by atoms with Crippen LogP contribution >= 0.6 is 11.6 Å². The number of sulfonamides is 1. The van der Waals surface area contributed by atoms with E-state index in [4.69, 9.17) is 25.8 Å². The smallest absolute Gasteiger partial charge is 0.410 e. The van der Waals surface area contributed by atoms with Gasteiger partial charge in [0, 0.05) is 35.9 Å². The molecule has 1 aliphatic carbocycles. The minimum Gasteiger partial charge on any atom is -0.444 e. The van der Waals surface area contributed by atoms with Crippen molar-refractivity contribution >= 4 is 51.5 Å². The van der Waals surface area contributed by atoms with E-state index in [1.54, 1.807) is 18.2 Å². The van der Waals surface area contributed by atoms with Gasteiger partial charge in [0.25, 0.3) is 15.9 Å². The summed E-state index contributed by atoms with van der Waals surface area (Å²) in [5, 5.41) is 5.74. The molecule has 4 aliphatic heterocycles. The molecular formula is C38H43ClFN5O10S. The first-order valence-electron chi connectivity index (χ1n) is 18.7. The SMILES string of the molecule is O=C(N[C@H]1CCCCC/C=C\[C@@H]2C[C@@]2(C(=O)NS(=O)(=O)c2ccc(Cl)cc2)NC(=O)[C@@H]2C[C@@H](OC(=O)N3Cc4cccc(F)c4C3)CN2C1=O)OC1CCOC1. The number of nitrogens with one attached hydrogen (secondary N) is 3. The van der Waals surface area contributed by atoms with Crippen molar-refractivity contribution in [2.75, 3.05) is 19.8 Å². The van der Waals surface area contributed by atoms with Gasteiger partial charge in [-0.1, -0.05) is 48.7 Å². The second kappa shape index (κ2) is 16.4. The number of hydrogen-bond donors (Lipinski definition) is 3. The number of fused-ring (bicyclic) bond motifs is 3. The Labute approximate surface area is 328 Å². The number of ether oxygens (including phenoxy) is 3. The van der Waals surface area contributed by atoms with Crippen LogP contribution in [-0.2, 0) is 51.7 Å². The summed E-state index contributed by atoms with van der Waals surface area (Å²) in [7, 11) is -4.37. The fourth-order valence-electron chi connectivity index (χ4n) is 7.71. The Morgan fingerprint density at radius 3 is 2.55 bits per heavy atom. The lowest BCUT2D eigenvalue weighted by Gasteiger charge is -2.30. The number of carbonyl (C=O) groups excluding carboxylic acids is 5. The Morgan fingerprint density at radius 1 is 1.00 bits per heavy atom. The number of halogens is 2. The van der Waals surface area contributed by atoms with Crippen LogP contribution in [0, 0.1) is 11.7 Å². The molecule has 7 rings (SSSR count). The summed E-state index contributed by atoms with van der Waals surface area (Å²) < 4.78 is 59.7. The molecule has 5 aliphatic rings. The maximum atomic E-state index is 14.5. The highest BCUT2D eigenvalue weighted by atomic mass is 35.5. The second-order valence-electron chi connectivity index (χ2n) is 14.8. The van der Waals surface area contributed by atoms with Crippen LogP contribution in [0.2, 0.25) is 5.02 Å². The van der Waals surface area contributed by atoms with E-state index in [1.165, 1.54) is 40.1 Å². The molecule has 0 spiro atoms. The second-order valence-corrected chi connectivity index (χ2v) is 16.9. The standard InChI is InChI=1S/C38H43ClFN5O10S/c39-25-11-13-28(14-12-25)56(51,52)43-35(48)38-18-24(38)8-4-2-1-3-5-10-31(41-36(49)54-26-15-16-53-22-26)34(47)45-20-27(17-32(45)33(46)42-38)55-37(50)44-19-23-7-6-9-30(40)29(23)21-44/h4,6-9,11-14,24,26-27,31-32H,1-3,5,10,15-22H2,(H,41,49)(H,42,46)(H,43,48)/b8-4-/t24-,26?,27-,31+,32+,38-/m1/s1. The number of carbonyl (C=O) groups is 5. The van der Waals surface area contributed by atoms with Crippen LogP contribution in [-0.4, -0.2) is 97.7 Å². The predicted octanol–water partition coefficient (Wildman–Crippen LogP) is 3.68. The molecule has 300 valence electrons. The van der Waals surface area contributed by atoms with Crippen molar-refractivity contribution < 1.29 is 51.0 Å². The average Bonchev–Trinajstić information content (AvgIpc) is 3.58. The molecule has 6 atom stereocenters. The number of amides is 5. The van der Waals surface area contributed by atoms with E-state index in [9.17, 15) is 36.8 Å². The number of rotatable bonds is 6. The molecular weight excluding hydrogens is 773 g/mol. The monoisotopic (exact) mass is 815 g/mol. The van der Waals surface area contributed by atoms with Gasteiger partial charge in [-0.2, -0.15) is 0 Å². The summed E-state index contributed by atoms with van der Waals surface area (Å²) in [6.45, 7) is 0.524. The van der Waals surface area contributed by atoms with Crippen LogP contribution in [0.15, 0.2) is 59.5 Å². The molecule has 1 unspecified atom stereocenters. The number of hydrogen-bond acceptors (Lipinski definition) is 10. The molecule has 3 fully saturated rings. The molecule has 3 N–H and O–H groups in total. The maximum Gasteiger partial charge on any atom is 0.410 e. The fraction of sp³-hybridized carbons (Fsp3) is 0.500. The maximum absolute atomic E-state index is 14.5. The van der Waals surface area contributed by atoms with E-state index in [1.807, 2.05) is 6.08 Å². The van der Waals surface area contributed by atoms with Crippen molar-refractivity contribution in [1.29, 1.82) is 0 Å². The van der Waals surface area contributed by atoms with Crippen molar-refractivity contribution in [3.05, 3.63) is 76.6 Å². The van der Waals surface area contributed by atoms with Gasteiger partial charge in [0.15, 0.2) is 0 Å². The van der Waals surface area contributed by atoms with Crippen LogP contribution in [0.4, 0.5) is 14.0 Å². The van der Waals surface area contributed by atoms with Crippen LogP contribution < -0.4 is 15.4 Å². The number of allylic oxidation sites excluding steroid dienone is 1. The van der Waals surface area contributed by atoms with E-state index in [0.717, 1.165) is 6.42 Å². The number of nitrogens with zero attached hydrogens (tertiary/aromatic N) is 2. The lowest BCUT2D eigenvalue weighted by molar-refractivity contribution is -0.141. The molecule has 2 saturated heterocycles. The highest BCUT2D eigenvalue weighted by Crippen LogP contribution is 2.46. The van der Waals surface area contributed by atoms with Crippen LogP contribution in [0.25, 0.3) is 0 Å². The van der Waals surface area contributed by atoms with E-state index >= 15 is 0 Å². The summed E-state index contributed by atoms with van der Waals surface area (Å²) in [5.74, 6) is -3.36. The van der Waals surface area contributed by atoms with Crippen LogP contribution in [0.3, 0.4) is 0 Å². The molecule has 5 amide bonds. The Bertz CT molecular complexity index is 2010. The Balaban J connectivity index is 1.13. The van der Waals surface area contributed by atoms with E-state index in [0.29, 0.717) is 48.4 Å². The first kappa shape index (κ1) is 39.5. The molecule has 56 heavy (non-hydrogen) atoms. The van der Waals surface area contributed by atoms with Gasteiger partial charge in [0.1, 0.15) is 35.6 Å². The molecule has 2 aromatic carbocycles. The summed E-state index contributed by atoms with van der Waals surface area (Å²) in [5.41, 5.74) is -0.666. The van der Waals surface area contributed by atoms with Gasteiger partial charge in [0.2, 0.25) is 11.8 Å². The first-order valence-corrected chi connectivity index (χ1v) is 20.6. The van der Waals surface area contributed by atoms with Gasteiger partial charge >= 0.3 is 12.2 Å². The zero-order chi connectivity index (χ0) is 39.6. The lowest BCUT2D eigenvalue weighted by Crippen LogP contribution is -2.58. The Morgan fingerprint density at radius 2 is 1.80 bits per heavy atom. The molecule has 2 aromatic rings. The van der Waals surface area contributed by atoms with Gasteiger partial charge in [-0.25, -0.2) is 27.1 Å². The Hall–Kier alpha value is -4.74. The quantitative estimate of drug-likeness (QED) is 0.363. The third-order valence-electron chi connectivity index (χ3n) is 10.9. The van der Waals surface area contributed by atoms with Gasteiger partial charge in [0.05, 0.1) is 31.2 Å². The van der Waals surface area contributed by atoms with Crippen molar-refractivity contribution in [2.24, 2.45) is 5.92 Å². The summed E-state index contributed by atoms with van der Waals surface area (Å²) in [6, 6.07) is 7.41. The van der Waals surface area contributed by atoms with E-state index in [2.05, 4.69) is 15.4 Å². The van der Waals surface area contributed by atoms with Gasteiger partial charge < -0.3 is 29.7 Å². The third kappa shape index (κ3) is 8.64. The van der Waals surface area contributed by atoms with Crippen molar-refractivity contribution in [3.63, 3.8) is 0 Å². The van der Waals surface area contributed by atoms with Crippen LogP contribution in [0.5, 0.6) is 0 Å². The summed E-state index contributed by atoms with van der Waals surface area (Å²) in [4.78, 5) is 71.4. The zero-order valence-electron chi connectivity index (χ0n) is 30.4. The molecule has 0 aromatic heterocycles. The lowest BCUT2D eigenvalue weighted by atomic mass is 10.0. The minimum absolute atomic E-state index is 0.0221. The van der Waals surface area contributed by atoms with Crippen molar-refractivity contribution in [2.45, 2.75) is 99.2 Å². The zero-order valence-corrected chi connectivity index (χ0v) is 32.0. The summed E-state index contributed by atoms with van der Waals surface area (Å²) in [6.07, 6.45) is 3.82. The molecule has 0 radical (unpaired) electrons. The van der Waals surface area contributed by atoms with Crippen molar-refractivity contribution in [3.8, 4) is 0 Å². The molecule has 4 heterocycles. The highest BCUT2D eigenvalue weighted by molar-refractivity contribution is 7.90. The largest absolute Gasteiger partial charge is 0.444 e. The van der Waals surface area contributed by atoms with Crippen LogP contribution in [0.1, 0.15) is 62.5 Å². The fourth-order valence-corrected chi connectivity index (χ4v) is 8.88. The summed E-state index contributed by atoms with van der Waals surface area (Å²) >= 11 is 5.93. The highest BCUT2D eigenvalue weighted by Gasteiger charge is 2.61. The van der Waals surface area contributed by atoms with E-state index < -0.39 is 81.5 Å². The Kier molecular flexibility index (Phi) is 11.6. The topological polar surface area (TPSA) is 190 Å². The number of alkyl carbamates (subject to hydrolysis) is 1. The predicted molar refractivity (Wildman–Crippen MR) is 197 cm³/mol. The normalized spacial score (nSPS) is 28.4. The average molecular weight is 816 g/mol. The third-order valence-corrected chi connectivity index (χ3v) is 12.5. The minimum atomic E-state index is -4.37. The number of benzene rings is 2. The molecule has 18 heteroatoms. The molecule has 15 nitrogen and oxygen atoms in total. The van der Waals surface area contributed by atoms with Gasteiger partial charge in [-0.15, -0.1) is 0 Å². The van der Waals surface area contributed by atoms with Crippen molar-refractivity contribution in [1.82, 2.24) is 25.2 Å². The first-order chi connectivity index (χ1) is 26.8.